The molecule has 0 aliphatic rings. The Morgan fingerprint density at radius 3 is 1.68 bits per heavy atom. The Bertz CT molecular complexity index is 754. The molecule has 0 aliphatic heterocycles. The maximum absolute atomic E-state index is 13.8. The molecule has 0 saturated carbocycles. The maximum atomic E-state index is 13.8. The van der Waals surface area contributed by atoms with Gasteiger partial charge in [-0.2, -0.15) is 39.5 Å². The third-order valence-corrected chi connectivity index (χ3v) is 5.10. The highest BCUT2D eigenvalue weighted by molar-refractivity contribution is 5.68. The number of ether oxygens (including phenoxy) is 5. The van der Waals surface area contributed by atoms with Crippen molar-refractivity contribution in [1.82, 2.24) is 0 Å². The van der Waals surface area contributed by atoms with Crippen LogP contribution in [0.25, 0.3) is 0 Å². The number of carboxylic acids is 2. The highest BCUT2D eigenvalue weighted by Gasteiger charge is 2.53. The van der Waals surface area contributed by atoms with Crippen LogP contribution in [0.4, 0.5) is 39.5 Å². The second-order valence-corrected chi connectivity index (χ2v) is 8.77. The molecule has 0 amide bonds. The second-order valence-electron chi connectivity index (χ2n) is 8.77. The topological polar surface area (TPSA) is 121 Å². The van der Waals surface area contributed by atoms with E-state index in [4.69, 9.17) is 19.7 Å². The highest BCUT2D eigenvalue weighted by atomic mass is 19.4. The van der Waals surface area contributed by atoms with Gasteiger partial charge in [-0.3, -0.25) is 4.79 Å². The summed E-state index contributed by atoms with van der Waals surface area (Å²) in [5.74, 6) is -5.69. The van der Waals surface area contributed by atoms with Crippen molar-refractivity contribution in [1.29, 1.82) is 0 Å². The molecular formula is C20H29F9O9. The summed E-state index contributed by atoms with van der Waals surface area (Å²) in [6, 6.07) is 0. The van der Waals surface area contributed by atoms with E-state index in [1.807, 2.05) is 0 Å². The third kappa shape index (κ3) is 13.3. The van der Waals surface area contributed by atoms with Crippen molar-refractivity contribution < 1.29 is 83.0 Å². The summed E-state index contributed by atoms with van der Waals surface area (Å²) in [6.07, 6.45) is -23.4. The summed E-state index contributed by atoms with van der Waals surface area (Å²) in [7, 11) is 0. The molecule has 0 bridgehead atoms. The molecule has 0 aromatic rings. The predicted molar refractivity (Wildman–Crippen MR) is 107 cm³/mol. The van der Waals surface area contributed by atoms with Gasteiger partial charge in [0.05, 0.1) is 30.8 Å². The molecule has 4 atom stereocenters. The van der Waals surface area contributed by atoms with Crippen LogP contribution in [0, 0.1) is 5.92 Å². The number of aliphatic carboxylic acids is 2. The molecule has 0 aromatic heterocycles. The zero-order valence-corrected chi connectivity index (χ0v) is 20.6. The van der Waals surface area contributed by atoms with Crippen LogP contribution in [0.2, 0.25) is 0 Å². The second kappa shape index (κ2) is 14.0. The van der Waals surface area contributed by atoms with Crippen LogP contribution in [-0.2, 0) is 33.3 Å². The van der Waals surface area contributed by atoms with Gasteiger partial charge in [0.1, 0.15) is 12.5 Å². The zero-order chi connectivity index (χ0) is 30.2. The van der Waals surface area contributed by atoms with Gasteiger partial charge in [0.25, 0.3) is 6.29 Å². The normalized spacial score (nSPS) is 17.5. The van der Waals surface area contributed by atoms with Gasteiger partial charge in [0, 0.05) is 0 Å². The highest BCUT2D eigenvalue weighted by Crippen LogP contribution is 2.40. The van der Waals surface area contributed by atoms with Gasteiger partial charge < -0.3 is 33.9 Å². The molecule has 4 unspecified atom stereocenters. The van der Waals surface area contributed by atoms with Gasteiger partial charge in [-0.1, -0.05) is 6.92 Å². The summed E-state index contributed by atoms with van der Waals surface area (Å²) < 4.78 is 142. The van der Waals surface area contributed by atoms with Crippen LogP contribution >= 0.6 is 0 Å². The van der Waals surface area contributed by atoms with Crippen LogP contribution in [0.1, 0.15) is 40.5 Å². The Kier molecular flexibility index (Phi) is 13.3. The molecular weight excluding hydrogens is 555 g/mol. The number of hydrogen-bond donors (Lipinski definition) is 2. The van der Waals surface area contributed by atoms with Crippen LogP contribution < -0.4 is 0 Å². The van der Waals surface area contributed by atoms with E-state index in [0.717, 1.165) is 6.92 Å². The van der Waals surface area contributed by atoms with Crippen molar-refractivity contribution in [3.05, 3.63) is 0 Å². The predicted octanol–water partition coefficient (Wildman–Crippen LogP) is 4.53. The Morgan fingerprint density at radius 1 is 0.737 bits per heavy atom. The molecule has 18 heteroatoms. The van der Waals surface area contributed by atoms with Crippen LogP contribution in [-0.4, -0.2) is 90.9 Å². The van der Waals surface area contributed by atoms with E-state index >= 15 is 0 Å². The van der Waals surface area contributed by atoms with Crippen molar-refractivity contribution >= 4 is 11.9 Å². The first-order valence-corrected chi connectivity index (χ1v) is 10.7. The van der Waals surface area contributed by atoms with Crippen molar-refractivity contribution in [3.63, 3.8) is 0 Å². The summed E-state index contributed by atoms with van der Waals surface area (Å²) in [6.45, 7) is -1.52. The summed E-state index contributed by atoms with van der Waals surface area (Å²) in [5, 5.41) is 17.3. The fourth-order valence-corrected chi connectivity index (χ4v) is 2.84. The van der Waals surface area contributed by atoms with Crippen LogP contribution in [0.3, 0.4) is 0 Å². The fraction of sp³-hybridized carbons (Fsp3) is 0.900. The number of hydrogen-bond acceptors (Lipinski definition) is 7. The fourth-order valence-electron chi connectivity index (χ4n) is 2.84. The average Bonchev–Trinajstić information content (AvgIpc) is 2.68. The molecule has 0 spiro atoms. The molecule has 2 N–H and O–H groups in total. The van der Waals surface area contributed by atoms with E-state index in [1.54, 1.807) is 0 Å². The quantitative estimate of drug-likeness (QED) is 0.188. The largest absolute Gasteiger partial charge is 0.481 e. The Balaban J connectivity index is 5.51. The molecule has 0 aliphatic carbocycles. The minimum absolute atomic E-state index is 0.458. The van der Waals surface area contributed by atoms with Gasteiger partial charge in [-0.15, -0.1) is 0 Å². The molecule has 0 heterocycles. The standard InChI is InChI=1S/C20H29F9O9/c1-5-17(4,11(18(21,22)23)7-37-16(2,3)6-13(30)31)38-10-36-15(20(27,28)29)35-8-12(19(24,25)26)34-9-14(32)33/h11-12,15H,5-10H2,1-4H3,(H,30,31)(H,32,33). The third-order valence-electron chi connectivity index (χ3n) is 5.10. The number of carboxylic acid groups (broad SMARTS) is 2. The molecule has 0 rings (SSSR count). The average molecular weight is 584 g/mol. The lowest BCUT2D eigenvalue weighted by Gasteiger charge is -2.39. The van der Waals surface area contributed by atoms with Crippen molar-refractivity contribution in [2.24, 2.45) is 5.92 Å². The lowest BCUT2D eigenvalue weighted by molar-refractivity contribution is -0.352. The van der Waals surface area contributed by atoms with Crippen LogP contribution in [0.5, 0.6) is 0 Å². The van der Waals surface area contributed by atoms with Crippen molar-refractivity contribution in [2.75, 3.05) is 26.6 Å². The van der Waals surface area contributed by atoms with Gasteiger partial charge >= 0.3 is 30.5 Å². The molecule has 0 fully saturated rings. The zero-order valence-electron chi connectivity index (χ0n) is 20.6. The van der Waals surface area contributed by atoms with E-state index in [9.17, 15) is 49.1 Å². The Labute approximate surface area is 211 Å². The molecule has 0 aromatic carbocycles. The summed E-state index contributed by atoms with van der Waals surface area (Å²) in [5.41, 5.74) is -3.83. The maximum Gasteiger partial charge on any atom is 0.440 e. The van der Waals surface area contributed by atoms with Crippen molar-refractivity contribution in [2.45, 2.75) is 82.7 Å². The molecule has 38 heavy (non-hydrogen) atoms. The minimum atomic E-state index is -5.47. The van der Waals surface area contributed by atoms with E-state index in [1.165, 1.54) is 20.8 Å². The number of rotatable bonds is 17. The first kappa shape index (κ1) is 36.1. The van der Waals surface area contributed by atoms with Crippen molar-refractivity contribution in [3.8, 4) is 0 Å². The molecule has 0 radical (unpaired) electrons. The summed E-state index contributed by atoms with van der Waals surface area (Å²) >= 11 is 0. The first-order chi connectivity index (χ1) is 16.9. The minimum Gasteiger partial charge on any atom is -0.481 e. The summed E-state index contributed by atoms with van der Waals surface area (Å²) in [4.78, 5) is 21.3. The first-order valence-electron chi connectivity index (χ1n) is 10.7. The van der Waals surface area contributed by atoms with Gasteiger partial charge in [0.15, 0.2) is 12.9 Å². The van der Waals surface area contributed by atoms with Gasteiger partial charge in [-0.05, 0) is 27.2 Å². The number of alkyl halides is 9. The van der Waals surface area contributed by atoms with Crippen LogP contribution in [0.15, 0.2) is 0 Å². The monoisotopic (exact) mass is 584 g/mol. The van der Waals surface area contributed by atoms with E-state index < -0.39 is 99.4 Å². The van der Waals surface area contributed by atoms with E-state index in [0.29, 0.717) is 0 Å². The molecule has 9 nitrogen and oxygen atoms in total. The van der Waals surface area contributed by atoms with Gasteiger partial charge in [0.2, 0.25) is 0 Å². The van der Waals surface area contributed by atoms with E-state index in [-0.39, 0.29) is 0 Å². The number of halogens is 9. The van der Waals surface area contributed by atoms with E-state index in [2.05, 4.69) is 14.2 Å². The smallest absolute Gasteiger partial charge is 0.440 e. The molecule has 226 valence electrons. The Morgan fingerprint density at radius 2 is 1.29 bits per heavy atom. The number of carbonyl (C=O) groups is 2. The lowest BCUT2D eigenvalue weighted by Crippen LogP contribution is -2.50. The Hall–Kier alpha value is -1.89. The SMILES string of the molecule is CCC(C)(OCOC(OCC(OCC(=O)O)C(F)(F)F)C(F)(F)F)C(COC(C)(C)CC(=O)O)C(F)(F)F. The lowest BCUT2D eigenvalue weighted by atomic mass is 9.86. The van der Waals surface area contributed by atoms with Gasteiger partial charge in [-0.25, -0.2) is 4.79 Å². The molecule has 0 saturated heterocycles.